The average Bonchev–Trinajstić information content (AvgIpc) is 2.61. The number of amidine groups is 1. The van der Waals surface area contributed by atoms with E-state index in [1.807, 2.05) is 24.3 Å². The number of nitrogens with zero attached hydrogens (tertiary/aromatic N) is 1. The minimum atomic E-state index is 0.762. The molecule has 0 fully saturated rings. The zero-order valence-corrected chi connectivity index (χ0v) is 7.97. The van der Waals surface area contributed by atoms with E-state index in [-0.39, 0.29) is 0 Å². The smallest absolute Gasteiger partial charge is 0.161 e. The Morgan fingerprint density at radius 2 is 2.23 bits per heavy atom. The highest BCUT2D eigenvalue weighted by atomic mass is 32.2. The molecule has 0 bridgehead atoms. The molecule has 4 heteroatoms. The first-order valence-corrected chi connectivity index (χ1v) is 5.13. The molecule has 1 aliphatic rings. The third kappa shape index (κ3) is 1.95. The maximum absolute atomic E-state index is 5.77. The standard InChI is InChI=1S/C9H11N3S/c10-7-3-1-2-4-8(7)12-9-11-5-6-13-9/h1-4H,5-6,10H2,(H,11,12). The number of hydrogen-bond acceptors (Lipinski definition) is 4. The maximum Gasteiger partial charge on any atom is 0.161 e. The van der Waals surface area contributed by atoms with Crippen LogP contribution in [0, 0.1) is 0 Å². The van der Waals surface area contributed by atoms with Crippen LogP contribution < -0.4 is 11.1 Å². The van der Waals surface area contributed by atoms with Crippen LogP contribution in [0.5, 0.6) is 0 Å². The van der Waals surface area contributed by atoms with E-state index in [0.29, 0.717) is 0 Å². The highest BCUT2D eigenvalue weighted by Crippen LogP contribution is 2.20. The average molecular weight is 193 g/mol. The summed E-state index contributed by atoms with van der Waals surface area (Å²) in [7, 11) is 0. The van der Waals surface area contributed by atoms with Crippen molar-refractivity contribution in [3.63, 3.8) is 0 Å². The van der Waals surface area contributed by atoms with Gasteiger partial charge in [0, 0.05) is 5.75 Å². The molecule has 13 heavy (non-hydrogen) atoms. The van der Waals surface area contributed by atoms with Crippen LogP contribution in [0.25, 0.3) is 0 Å². The van der Waals surface area contributed by atoms with Crippen LogP contribution in [0.3, 0.4) is 0 Å². The number of nitrogens with one attached hydrogen (secondary N) is 1. The Labute approximate surface area is 81.4 Å². The first-order chi connectivity index (χ1) is 6.36. The van der Waals surface area contributed by atoms with E-state index in [0.717, 1.165) is 28.8 Å². The number of aliphatic imine (C=N–C) groups is 1. The molecule has 0 aliphatic carbocycles. The summed E-state index contributed by atoms with van der Waals surface area (Å²) >= 11 is 1.73. The second-order valence-corrected chi connectivity index (χ2v) is 3.83. The van der Waals surface area contributed by atoms with Gasteiger partial charge in [-0.2, -0.15) is 0 Å². The SMILES string of the molecule is Nc1ccccc1NC1=NCCS1. The van der Waals surface area contributed by atoms with Crippen LogP contribution in [-0.2, 0) is 0 Å². The van der Waals surface area contributed by atoms with Crippen molar-refractivity contribution in [2.24, 2.45) is 4.99 Å². The molecule has 1 heterocycles. The normalized spacial score (nSPS) is 15.5. The zero-order valence-electron chi connectivity index (χ0n) is 7.16. The Bertz CT molecular complexity index is 335. The number of rotatable bonds is 1. The van der Waals surface area contributed by atoms with Gasteiger partial charge in [-0.15, -0.1) is 0 Å². The van der Waals surface area contributed by atoms with Crippen LogP contribution in [0.4, 0.5) is 11.4 Å². The van der Waals surface area contributed by atoms with E-state index < -0.39 is 0 Å². The Hall–Kier alpha value is -1.16. The molecule has 2 rings (SSSR count). The van der Waals surface area contributed by atoms with Gasteiger partial charge in [-0.3, -0.25) is 4.99 Å². The van der Waals surface area contributed by atoms with Crippen LogP contribution >= 0.6 is 11.8 Å². The van der Waals surface area contributed by atoms with Crippen LogP contribution in [0.2, 0.25) is 0 Å². The molecule has 0 atom stereocenters. The van der Waals surface area contributed by atoms with Crippen molar-refractivity contribution in [3.8, 4) is 0 Å². The van der Waals surface area contributed by atoms with Crippen molar-refractivity contribution in [1.82, 2.24) is 0 Å². The molecule has 3 N–H and O–H groups in total. The molecule has 68 valence electrons. The van der Waals surface area contributed by atoms with Gasteiger partial charge in [-0.05, 0) is 12.1 Å². The second kappa shape index (κ2) is 3.70. The van der Waals surface area contributed by atoms with E-state index in [4.69, 9.17) is 5.73 Å². The van der Waals surface area contributed by atoms with E-state index in [1.54, 1.807) is 11.8 Å². The molecule has 0 saturated carbocycles. The second-order valence-electron chi connectivity index (χ2n) is 2.75. The summed E-state index contributed by atoms with van der Waals surface area (Å²) in [5.41, 5.74) is 7.47. The molecule has 1 aromatic rings. The number of nitrogen functional groups attached to an aromatic ring is 1. The van der Waals surface area contributed by atoms with Crippen LogP contribution in [0.15, 0.2) is 29.3 Å². The van der Waals surface area contributed by atoms with E-state index in [2.05, 4.69) is 10.3 Å². The van der Waals surface area contributed by atoms with Gasteiger partial charge in [-0.1, -0.05) is 23.9 Å². The summed E-state index contributed by atoms with van der Waals surface area (Å²) < 4.78 is 0. The monoisotopic (exact) mass is 193 g/mol. The summed E-state index contributed by atoms with van der Waals surface area (Å²) in [6.45, 7) is 0.903. The quantitative estimate of drug-likeness (QED) is 0.668. The molecule has 0 aromatic heterocycles. The lowest BCUT2D eigenvalue weighted by molar-refractivity contribution is 1.17. The van der Waals surface area contributed by atoms with Gasteiger partial charge in [0.2, 0.25) is 0 Å². The van der Waals surface area contributed by atoms with Crippen molar-refractivity contribution in [1.29, 1.82) is 0 Å². The van der Waals surface area contributed by atoms with Gasteiger partial charge in [0.05, 0.1) is 17.9 Å². The molecule has 0 amide bonds. The predicted octanol–water partition coefficient (Wildman–Crippen LogP) is 1.78. The third-order valence-corrected chi connectivity index (χ3v) is 2.68. The molecule has 3 nitrogen and oxygen atoms in total. The lowest BCUT2D eigenvalue weighted by Crippen LogP contribution is -2.06. The lowest BCUT2D eigenvalue weighted by Gasteiger charge is -2.06. The largest absolute Gasteiger partial charge is 0.397 e. The minimum absolute atomic E-state index is 0.762. The lowest BCUT2D eigenvalue weighted by atomic mass is 10.3. The summed E-state index contributed by atoms with van der Waals surface area (Å²) in [4.78, 5) is 4.29. The minimum Gasteiger partial charge on any atom is -0.397 e. The topological polar surface area (TPSA) is 50.4 Å². The highest BCUT2D eigenvalue weighted by molar-refractivity contribution is 8.14. The predicted molar refractivity (Wildman–Crippen MR) is 59.2 cm³/mol. The summed E-state index contributed by atoms with van der Waals surface area (Å²) in [5, 5.41) is 4.17. The molecular weight excluding hydrogens is 182 g/mol. The Kier molecular flexibility index (Phi) is 2.40. The highest BCUT2D eigenvalue weighted by Gasteiger charge is 2.07. The van der Waals surface area contributed by atoms with Gasteiger partial charge in [-0.25, -0.2) is 0 Å². The molecule has 0 unspecified atom stereocenters. The van der Waals surface area contributed by atoms with E-state index >= 15 is 0 Å². The number of thioether (sulfide) groups is 1. The number of anilines is 2. The van der Waals surface area contributed by atoms with Gasteiger partial charge in [0.15, 0.2) is 5.17 Å². The molecular formula is C9H11N3S. The molecule has 0 spiro atoms. The first kappa shape index (κ1) is 8.44. The molecule has 1 aromatic carbocycles. The zero-order chi connectivity index (χ0) is 9.10. The van der Waals surface area contributed by atoms with Crippen molar-refractivity contribution < 1.29 is 0 Å². The van der Waals surface area contributed by atoms with Crippen molar-refractivity contribution >= 4 is 28.3 Å². The van der Waals surface area contributed by atoms with E-state index in [9.17, 15) is 0 Å². The fraction of sp³-hybridized carbons (Fsp3) is 0.222. The number of benzene rings is 1. The fourth-order valence-electron chi connectivity index (χ4n) is 1.14. The molecule has 1 aliphatic heterocycles. The number of hydrogen-bond donors (Lipinski definition) is 2. The van der Waals surface area contributed by atoms with Crippen molar-refractivity contribution in [3.05, 3.63) is 24.3 Å². The Morgan fingerprint density at radius 3 is 2.92 bits per heavy atom. The van der Waals surface area contributed by atoms with Gasteiger partial charge < -0.3 is 11.1 Å². The third-order valence-electron chi connectivity index (χ3n) is 1.79. The fourth-order valence-corrected chi connectivity index (χ4v) is 1.88. The van der Waals surface area contributed by atoms with Gasteiger partial charge >= 0.3 is 0 Å². The van der Waals surface area contributed by atoms with E-state index in [1.165, 1.54) is 0 Å². The first-order valence-electron chi connectivity index (χ1n) is 4.15. The number of para-hydroxylation sites is 2. The van der Waals surface area contributed by atoms with Gasteiger partial charge in [0.25, 0.3) is 0 Å². The van der Waals surface area contributed by atoms with Crippen LogP contribution in [0.1, 0.15) is 0 Å². The Morgan fingerprint density at radius 1 is 1.38 bits per heavy atom. The molecule has 0 radical (unpaired) electrons. The summed E-state index contributed by atoms with van der Waals surface area (Å²) in [6, 6.07) is 7.71. The summed E-state index contributed by atoms with van der Waals surface area (Å²) in [5.74, 6) is 1.06. The maximum atomic E-state index is 5.77. The van der Waals surface area contributed by atoms with Crippen molar-refractivity contribution in [2.75, 3.05) is 23.3 Å². The van der Waals surface area contributed by atoms with Gasteiger partial charge in [0.1, 0.15) is 0 Å². The van der Waals surface area contributed by atoms with Crippen molar-refractivity contribution in [2.45, 2.75) is 0 Å². The Balaban J connectivity index is 2.13. The van der Waals surface area contributed by atoms with Crippen LogP contribution in [-0.4, -0.2) is 17.5 Å². The molecule has 0 saturated heterocycles. The summed E-state index contributed by atoms with van der Waals surface area (Å²) in [6.07, 6.45) is 0. The number of nitrogens with two attached hydrogens (primary N) is 1.